The smallest absolute Gasteiger partial charge is 0.176 e. The number of benzene rings is 1. The first-order valence-corrected chi connectivity index (χ1v) is 6.46. The molecule has 1 aromatic carbocycles. The number of nitrogens with one attached hydrogen (secondary N) is 1. The Morgan fingerprint density at radius 1 is 1.10 bits per heavy atom. The van der Waals surface area contributed by atoms with Crippen molar-refractivity contribution in [2.45, 2.75) is 0 Å². The van der Waals surface area contributed by atoms with Crippen LogP contribution in [0.5, 0.6) is 0 Å². The maximum absolute atomic E-state index is 9.05. The maximum Gasteiger partial charge on any atom is 0.176 e. The Morgan fingerprint density at radius 3 is 2.24 bits per heavy atom. The molecule has 2 aromatic rings. The van der Waals surface area contributed by atoms with E-state index in [1.807, 2.05) is 42.5 Å². The second kappa shape index (κ2) is 5.09. The second-order valence-corrected chi connectivity index (χ2v) is 4.68. The Labute approximate surface area is 121 Å². The van der Waals surface area contributed by atoms with Crippen LogP contribution < -0.4 is 10.6 Å². The molecule has 1 heterocycles. The van der Waals surface area contributed by atoms with E-state index in [2.05, 4.69) is 23.0 Å². The van der Waals surface area contributed by atoms with E-state index >= 15 is 0 Å². The van der Waals surface area contributed by atoms with Crippen LogP contribution in [0.4, 0.5) is 0 Å². The minimum absolute atomic E-state index is 0.225. The Hall–Kier alpha value is -3.15. The van der Waals surface area contributed by atoms with Crippen molar-refractivity contribution in [1.29, 1.82) is 10.7 Å². The molecule has 1 aliphatic carbocycles. The predicted octanol–water partition coefficient (Wildman–Crippen LogP) is 0.776. The summed E-state index contributed by atoms with van der Waals surface area (Å²) in [6.45, 7) is 0. The second-order valence-electron chi connectivity index (χ2n) is 4.68. The van der Waals surface area contributed by atoms with Gasteiger partial charge in [-0.2, -0.15) is 5.26 Å². The standard InChI is InChI=1S/C17H12N4/c1-21-16(11-19)15(10-18)20-17(21)14-8-6-13(7-9-14)12-4-2-3-5-12/h2-9,19H,1H3. The highest BCUT2D eigenvalue weighted by Crippen LogP contribution is 2.05. The third kappa shape index (κ3) is 2.12. The zero-order chi connectivity index (χ0) is 14.8. The number of hydrogen-bond donors (Lipinski definition) is 1. The van der Waals surface area contributed by atoms with E-state index in [0.717, 1.165) is 10.4 Å². The van der Waals surface area contributed by atoms with Crippen LogP contribution in [-0.2, 0) is 7.05 Å². The van der Waals surface area contributed by atoms with Gasteiger partial charge in [-0.25, -0.2) is 4.98 Å². The van der Waals surface area contributed by atoms with E-state index in [4.69, 9.17) is 10.7 Å². The van der Waals surface area contributed by atoms with Crippen molar-refractivity contribution in [2.24, 2.45) is 7.05 Å². The molecule has 0 bridgehead atoms. The lowest BCUT2D eigenvalue weighted by atomic mass is 10.1. The van der Waals surface area contributed by atoms with Gasteiger partial charge < -0.3 is 4.57 Å². The van der Waals surface area contributed by atoms with Crippen LogP contribution >= 0.6 is 0 Å². The number of rotatable bonds is 0. The van der Waals surface area contributed by atoms with Crippen molar-refractivity contribution in [3.8, 4) is 6.07 Å². The molecule has 0 atom stereocenters. The summed E-state index contributed by atoms with van der Waals surface area (Å²) in [6.07, 6.45) is 8.14. The van der Waals surface area contributed by atoms with E-state index in [1.54, 1.807) is 11.6 Å². The zero-order valence-electron chi connectivity index (χ0n) is 11.5. The molecule has 0 unspecified atom stereocenters. The van der Waals surface area contributed by atoms with Crippen LogP contribution in [0.3, 0.4) is 0 Å². The van der Waals surface area contributed by atoms with Crippen LogP contribution in [-0.4, -0.2) is 15.4 Å². The van der Waals surface area contributed by atoms with Crippen LogP contribution in [0.1, 0.15) is 5.69 Å². The fourth-order valence-corrected chi connectivity index (χ4v) is 2.36. The van der Waals surface area contributed by atoms with Crippen LogP contribution in [0.15, 0.2) is 48.6 Å². The van der Waals surface area contributed by atoms with Gasteiger partial charge in [0, 0.05) is 18.1 Å². The van der Waals surface area contributed by atoms with Gasteiger partial charge in [-0.05, 0) is 10.8 Å². The highest BCUT2D eigenvalue weighted by molar-refractivity contribution is 5.71. The van der Waals surface area contributed by atoms with Gasteiger partial charge >= 0.3 is 0 Å². The van der Waals surface area contributed by atoms with Gasteiger partial charge in [0.2, 0.25) is 0 Å². The molecule has 21 heavy (non-hydrogen) atoms. The molecule has 0 radical (unpaired) electrons. The van der Waals surface area contributed by atoms with Crippen LogP contribution in [0.2, 0.25) is 0 Å². The number of allylic oxidation sites excluding steroid dienone is 4. The van der Waals surface area contributed by atoms with Gasteiger partial charge in [-0.1, -0.05) is 48.6 Å². The molecule has 100 valence electrons. The lowest BCUT2D eigenvalue weighted by Crippen LogP contribution is -2.16. The molecular formula is C17H12N4. The molecular weight excluding hydrogens is 260 g/mol. The van der Waals surface area contributed by atoms with E-state index < -0.39 is 0 Å². The molecule has 0 saturated heterocycles. The molecule has 1 N–H and O–H groups in total. The fourth-order valence-electron chi connectivity index (χ4n) is 2.36. The molecule has 0 spiro atoms. The molecule has 0 amide bonds. The Balaban J connectivity index is 2.36. The van der Waals surface area contributed by atoms with E-state index in [-0.39, 0.29) is 5.69 Å². The maximum atomic E-state index is 9.05. The highest BCUT2D eigenvalue weighted by atomic mass is 15.0. The van der Waals surface area contributed by atoms with E-state index in [9.17, 15) is 0 Å². The van der Waals surface area contributed by atoms with E-state index in [1.165, 1.54) is 5.57 Å². The van der Waals surface area contributed by atoms with Gasteiger partial charge in [0.05, 0.1) is 0 Å². The monoisotopic (exact) mass is 272 g/mol. The van der Waals surface area contributed by atoms with Gasteiger partial charge in [0.1, 0.15) is 16.9 Å². The molecule has 4 nitrogen and oxygen atoms in total. The van der Waals surface area contributed by atoms with Crippen molar-refractivity contribution < 1.29 is 0 Å². The predicted molar refractivity (Wildman–Crippen MR) is 79.8 cm³/mol. The first-order valence-electron chi connectivity index (χ1n) is 6.46. The minimum Gasteiger partial charge on any atom is -0.319 e. The lowest BCUT2D eigenvalue weighted by molar-refractivity contribution is 0.844. The van der Waals surface area contributed by atoms with Crippen molar-refractivity contribution in [2.75, 3.05) is 0 Å². The zero-order valence-corrected chi connectivity index (χ0v) is 11.5. The van der Waals surface area contributed by atoms with Crippen molar-refractivity contribution in [3.05, 3.63) is 75.5 Å². The third-order valence-corrected chi connectivity index (χ3v) is 3.46. The Morgan fingerprint density at radius 2 is 1.71 bits per heavy atom. The molecule has 3 rings (SSSR count). The van der Waals surface area contributed by atoms with Crippen LogP contribution in [0.25, 0.3) is 5.57 Å². The summed E-state index contributed by atoms with van der Waals surface area (Å²) in [5, 5.41) is 18.8. The fraction of sp³-hybridized carbons (Fsp3) is 0.0588. The summed E-state index contributed by atoms with van der Waals surface area (Å²) < 4.78 is 1.71. The van der Waals surface area contributed by atoms with Gasteiger partial charge in [-0.3, -0.25) is 5.41 Å². The Bertz CT molecular complexity index is 1020. The summed E-state index contributed by atoms with van der Waals surface area (Å²) in [5.74, 6) is 2.27. The highest BCUT2D eigenvalue weighted by Gasteiger charge is 2.03. The summed E-state index contributed by atoms with van der Waals surface area (Å²) >= 11 is 0. The molecule has 1 aliphatic rings. The number of nitrogens with zero attached hydrogens (tertiary/aromatic N) is 3. The number of nitriles is 1. The summed E-state index contributed by atoms with van der Waals surface area (Å²) in [6, 6.07) is 9.99. The van der Waals surface area contributed by atoms with Crippen molar-refractivity contribution in [1.82, 2.24) is 9.55 Å². The number of aromatic nitrogens is 2. The van der Waals surface area contributed by atoms with Gasteiger partial charge in [0.25, 0.3) is 0 Å². The van der Waals surface area contributed by atoms with Gasteiger partial charge in [-0.15, -0.1) is 0 Å². The topological polar surface area (TPSA) is 65.5 Å². The first-order chi connectivity index (χ1) is 10.2. The quantitative estimate of drug-likeness (QED) is 0.720. The third-order valence-electron chi connectivity index (χ3n) is 3.46. The lowest BCUT2D eigenvalue weighted by Gasteiger charge is -1.93. The molecule has 1 aromatic heterocycles. The Kier molecular flexibility index (Phi) is 3.12. The van der Waals surface area contributed by atoms with Crippen molar-refractivity contribution in [3.63, 3.8) is 0 Å². The minimum atomic E-state index is 0.225. The molecule has 0 saturated carbocycles. The number of hydrogen-bond acceptors (Lipinski definition) is 3. The average molecular weight is 272 g/mol. The SMILES string of the molecule is Cn1c(=c2ccc(=C3C=CC=C3)cc2)nc(C#N)c1=C=N. The van der Waals surface area contributed by atoms with Crippen molar-refractivity contribution >= 4 is 11.4 Å². The largest absolute Gasteiger partial charge is 0.319 e. The summed E-state index contributed by atoms with van der Waals surface area (Å²) in [5.41, 5.74) is 2.06. The first kappa shape index (κ1) is 12.9. The summed E-state index contributed by atoms with van der Waals surface area (Å²) in [4.78, 5) is 4.28. The molecule has 4 heteroatoms. The average Bonchev–Trinajstić information content (AvgIpc) is 3.15. The van der Waals surface area contributed by atoms with Crippen LogP contribution in [0, 0.1) is 27.4 Å². The molecule has 0 fully saturated rings. The van der Waals surface area contributed by atoms with Gasteiger partial charge in [0.15, 0.2) is 5.69 Å². The molecule has 0 aliphatic heterocycles. The normalized spacial score (nSPS) is 12.5. The number of imidazole rings is 1. The summed E-state index contributed by atoms with van der Waals surface area (Å²) in [7, 11) is 1.78. The van der Waals surface area contributed by atoms with E-state index in [0.29, 0.717) is 10.8 Å².